The van der Waals surface area contributed by atoms with Gasteiger partial charge in [-0.3, -0.25) is 0 Å². The van der Waals surface area contributed by atoms with E-state index in [-0.39, 0.29) is 11.3 Å². The van der Waals surface area contributed by atoms with Crippen LogP contribution in [0.3, 0.4) is 0 Å². The monoisotopic (exact) mass is 967 g/mol. The lowest BCUT2D eigenvalue weighted by Gasteiger charge is -2.38. The highest BCUT2D eigenvalue weighted by molar-refractivity contribution is 8.00. The Morgan fingerprint density at radius 3 is 1.96 bits per heavy atom. The molecule has 2 heteroatoms. The van der Waals surface area contributed by atoms with Gasteiger partial charge in [0.1, 0.15) is 0 Å². The Morgan fingerprint density at radius 1 is 0.554 bits per heavy atom. The van der Waals surface area contributed by atoms with Crippen LogP contribution < -0.4 is 4.90 Å². The number of hydrogen-bond acceptors (Lipinski definition) is 2. The molecule has 4 aliphatic rings. The predicted molar refractivity (Wildman–Crippen MR) is 316 cm³/mol. The first-order valence-electron chi connectivity index (χ1n) is 26.3. The van der Waals surface area contributed by atoms with Gasteiger partial charge in [-0.05, 0) is 175 Å². The molecular weight excluding hydrogens is 911 g/mol. The molecule has 1 aliphatic heterocycles. The standard InChI is InChI=1S/C72H57NS/c1-3-16-63(67-48-74-70-30-12-10-25-65(67)70)52-35-41-61(42-36-52)73(60-39-33-51(34-40-60)55-20-14-21-56(46-55)57-32-31-50-18-7-8-19-54(50)47-57)62-43-37-53(38-44-62)64-27-15-29-69-71(64)66-26-9-11-28-68(66)72(69,58-22-5-4-6-23-58)59-24-13-17-49(2)45-59/h3-16,18-26,28-47,49,64H,17,27,48H2,1-2H3/b16-3-,67-63-. The number of fused-ring (bicyclic) bond motifs is 4. The topological polar surface area (TPSA) is 3.24 Å². The minimum atomic E-state index is -0.386. The molecule has 0 aromatic heterocycles. The molecule has 0 N–H and O–H groups in total. The normalized spacial score (nSPS) is 19.4. The van der Waals surface area contributed by atoms with E-state index in [4.69, 9.17) is 0 Å². The molecule has 356 valence electrons. The molecule has 0 saturated carbocycles. The molecule has 0 amide bonds. The van der Waals surface area contributed by atoms with Crippen LogP contribution in [0, 0.1) is 5.92 Å². The summed E-state index contributed by atoms with van der Waals surface area (Å²) < 4.78 is 0. The Bertz CT molecular complexity index is 3790. The van der Waals surface area contributed by atoms with Crippen molar-refractivity contribution in [1.82, 2.24) is 0 Å². The van der Waals surface area contributed by atoms with Crippen molar-refractivity contribution in [3.05, 3.63) is 305 Å². The van der Waals surface area contributed by atoms with E-state index in [2.05, 4.69) is 280 Å². The third-order valence-electron chi connectivity index (χ3n) is 15.9. The maximum Gasteiger partial charge on any atom is 0.0707 e. The quantitative estimate of drug-likeness (QED) is 0.134. The fourth-order valence-corrected chi connectivity index (χ4v) is 13.5. The van der Waals surface area contributed by atoms with Crippen molar-refractivity contribution in [1.29, 1.82) is 0 Å². The first-order valence-corrected chi connectivity index (χ1v) is 27.3. The van der Waals surface area contributed by atoms with E-state index in [0.717, 1.165) is 35.7 Å². The van der Waals surface area contributed by atoms with Crippen LogP contribution in [0.1, 0.15) is 66.0 Å². The van der Waals surface area contributed by atoms with Crippen LogP contribution in [0.2, 0.25) is 0 Å². The van der Waals surface area contributed by atoms with Gasteiger partial charge in [0.25, 0.3) is 0 Å². The number of benzene rings is 9. The number of hydrogen-bond donors (Lipinski definition) is 0. The SMILES string of the molecule is C/C=C\C(=C1/CSc2ccccc21)c1ccc(N(c2ccc(-c3cccc(-c4ccc5ccccc5c4)c3)cc2)c2ccc(C3CC=CC4=C3c3ccccc3C4(C3=CC(C)CC=C3)c3ccccc3)cc2)cc1. The molecule has 1 heterocycles. The molecule has 0 fully saturated rings. The van der Waals surface area contributed by atoms with Gasteiger partial charge >= 0.3 is 0 Å². The fraction of sp³-hybridized carbons (Fsp3) is 0.111. The summed E-state index contributed by atoms with van der Waals surface area (Å²) in [5.74, 6) is 1.65. The maximum atomic E-state index is 2.54. The summed E-state index contributed by atoms with van der Waals surface area (Å²) in [5, 5.41) is 2.51. The Kier molecular flexibility index (Phi) is 11.9. The molecular formula is C72H57NS. The van der Waals surface area contributed by atoms with Gasteiger partial charge in [0, 0.05) is 33.6 Å². The van der Waals surface area contributed by atoms with Gasteiger partial charge in [-0.1, -0.05) is 213 Å². The lowest BCUT2D eigenvalue weighted by molar-refractivity contribution is 0.678. The van der Waals surface area contributed by atoms with Crippen molar-refractivity contribution in [3.63, 3.8) is 0 Å². The Morgan fingerprint density at radius 2 is 1.19 bits per heavy atom. The molecule has 0 spiro atoms. The summed E-state index contributed by atoms with van der Waals surface area (Å²) in [7, 11) is 0. The second-order valence-electron chi connectivity index (χ2n) is 20.3. The molecule has 74 heavy (non-hydrogen) atoms. The highest BCUT2D eigenvalue weighted by Crippen LogP contribution is 2.61. The summed E-state index contributed by atoms with van der Waals surface area (Å²) in [6.07, 6.45) is 18.7. The number of nitrogens with zero attached hydrogens (tertiary/aromatic N) is 1. The first-order chi connectivity index (χ1) is 36.5. The van der Waals surface area contributed by atoms with E-state index >= 15 is 0 Å². The summed E-state index contributed by atoms with van der Waals surface area (Å²) in [6, 6.07) is 81.5. The molecule has 13 rings (SSSR count). The van der Waals surface area contributed by atoms with Crippen LogP contribution in [-0.2, 0) is 5.41 Å². The van der Waals surface area contributed by atoms with Crippen molar-refractivity contribution in [2.45, 2.75) is 42.9 Å². The van der Waals surface area contributed by atoms with Gasteiger partial charge in [0.05, 0.1) is 5.41 Å². The highest BCUT2D eigenvalue weighted by atomic mass is 32.2. The Hall–Kier alpha value is -8.17. The second-order valence-corrected chi connectivity index (χ2v) is 21.3. The van der Waals surface area contributed by atoms with Crippen LogP contribution in [0.5, 0.6) is 0 Å². The van der Waals surface area contributed by atoms with Crippen LogP contribution in [0.25, 0.3) is 49.7 Å². The molecule has 0 bridgehead atoms. The lowest BCUT2D eigenvalue weighted by Crippen LogP contribution is -2.31. The van der Waals surface area contributed by atoms with Crippen LogP contribution in [0.15, 0.2) is 277 Å². The highest BCUT2D eigenvalue weighted by Gasteiger charge is 2.49. The van der Waals surface area contributed by atoms with Gasteiger partial charge in [-0.25, -0.2) is 0 Å². The summed E-state index contributed by atoms with van der Waals surface area (Å²) in [6.45, 7) is 4.47. The maximum absolute atomic E-state index is 2.54. The average Bonchev–Trinajstić information content (AvgIpc) is 4.05. The van der Waals surface area contributed by atoms with E-state index in [9.17, 15) is 0 Å². The summed E-state index contributed by atoms with van der Waals surface area (Å²) >= 11 is 1.93. The van der Waals surface area contributed by atoms with Gasteiger partial charge < -0.3 is 4.90 Å². The Labute approximate surface area is 441 Å². The summed E-state index contributed by atoms with van der Waals surface area (Å²) in [4.78, 5) is 3.78. The molecule has 9 aromatic rings. The van der Waals surface area contributed by atoms with Gasteiger partial charge in [-0.2, -0.15) is 0 Å². The minimum absolute atomic E-state index is 0.204. The zero-order valence-corrected chi connectivity index (χ0v) is 42.8. The van der Waals surface area contributed by atoms with Crippen molar-refractivity contribution < 1.29 is 0 Å². The van der Waals surface area contributed by atoms with E-state index in [1.165, 1.54) is 99.2 Å². The Balaban J connectivity index is 0.891. The van der Waals surface area contributed by atoms with Crippen molar-refractivity contribution >= 4 is 56.3 Å². The number of rotatable bonds is 10. The minimum Gasteiger partial charge on any atom is -0.311 e. The number of anilines is 3. The molecule has 3 atom stereocenters. The third-order valence-corrected chi connectivity index (χ3v) is 17.0. The molecule has 0 radical (unpaired) electrons. The van der Waals surface area contributed by atoms with E-state index in [0.29, 0.717) is 5.92 Å². The second kappa shape index (κ2) is 19.4. The number of allylic oxidation sites excluding steroid dienone is 11. The van der Waals surface area contributed by atoms with Crippen LogP contribution in [-0.4, -0.2) is 5.75 Å². The van der Waals surface area contributed by atoms with Crippen molar-refractivity contribution in [2.24, 2.45) is 5.92 Å². The average molecular weight is 968 g/mol. The first kappa shape index (κ1) is 45.7. The number of thioether (sulfide) groups is 1. The van der Waals surface area contributed by atoms with Gasteiger partial charge in [0.2, 0.25) is 0 Å². The molecule has 9 aromatic carbocycles. The molecule has 0 saturated heterocycles. The van der Waals surface area contributed by atoms with Crippen molar-refractivity contribution in [3.8, 4) is 22.3 Å². The summed E-state index contributed by atoms with van der Waals surface area (Å²) in [5.41, 5.74) is 22.7. The molecule has 3 aliphatic carbocycles. The van der Waals surface area contributed by atoms with Gasteiger partial charge in [0.15, 0.2) is 0 Å². The molecule has 3 unspecified atom stereocenters. The largest absolute Gasteiger partial charge is 0.311 e. The van der Waals surface area contributed by atoms with E-state index < -0.39 is 0 Å². The fourth-order valence-electron chi connectivity index (χ4n) is 12.4. The zero-order chi connectivity index (χ0) is 49.6. The predicted octanol–water partition coefficient (Wildman–Crippen LogP) is 19.6. The van der Waals surface area contributed by atoms with Gasteiger partial charge in [-0.15, -0.1) is 11.8 Å². The lowest BCUT2D eigenvalue weighted by atomic mass is 9.64. The van der Waals surface area contributed by atoms with Crippen molar-refractivity contribution in [2.75, 3.05) is 10.7 Å². The smallest absolute Gasteiger partial charge is 0.0707 e. The zero-order valence-electron chi connectivity index (χ0n) is 42.0. The third kappa shape index (κ3) is 7.97. The van der Waals surface area contributed by atoms with E-state index in [1.807, 2.05) is 11.8 Å². The molecule has 1 nitrogen and oxygen atoms in total. The van der Waals surface area contributed by atoms with E-state index in [1.54, 1.807) is 0 Å². The van der Waals surface area contributed by atoms with Crippen LogP contribution >= 0.6 is 11.8 Å². The van der Waals surface area contributed by atoms with Crippen LogP contribution in [0.4, 0.5) is 17.1 Å².